The Bertz CT molecular complexity index is 640. The van der Waals surface area contributed by atoms with E-state index in [1.165, 1.54) is 0 Å². The standard InChI is InChI=1S/C17H21N3OS/c1-12-11-22-16(19-12)14-8-5-9-20(10-14)17(21)15(18)13-6-3-2-4-7-13/h2-4,6-7,11,14-15H,5,8-10,18H2,1H3. The van der Waals surface area contributed by atoms with Crippen molar-refractivity contribution < 1.29 is 4.79 Å². The number of nitrogens with zero attached hydrogens (tertiary/aromatic N) is 2. The van der Waals surface area contributed by atoms with Crippen LogP contribution in [0.3, 0.4) is 0 Å². The molecule has 3 rings (SSSR count). The van der Waals surface area contributed by atoms with Gasteiger partial charge in [-0.2, -0.15) is 0 Å². The SMILES string of the molecule is Cc1csc(C2CCCN(C(=O)C(N)c3ccccc3)C2)n1. The Morgan fingerprint density at radius 1 is 1.41 bits per heavy atom. The minimum atomic E-state index is -0.571. The first-order valence-electron chi connectivity index (χ1n) is 7.66. The smallest absolute Gasteiger partial charge is 0.244 e. The van der Waals surface area contributed by atoms with Gasteiger partial charge in [0, 0.05) is 30.1 Å². The van der Waals surface area contributed by atoms with Gasteiger partial charge in [-0.1, -0.05) is 30.3 Å². The molecule has 0 radical (unpaired) electrons. The van der Waals surface area contributed by atoms with Gasteiger partial charge < -0.3 is 10.6 Å². The van der Waals surface area contributed by atoms with Crippen LogP contribution in [0.15, 0.2) is 35.7 Å². The monoisotopic (exact) mass is 315 g/mol. The van der Waals surface area contributed by atoms with Crippen LogP contribution in [0, 0.1) is 6.92 Å². The molecule has 1 aromatic heterocycles. The minimum absolute atomic E-state index is 0.0178. The van der Waals surface area contributed by atoms with Gasteiger partial charge in [0.2, 0.25) is 5.91 Å². The lowest BCUT2D eigenvalue weighted by atomic mass is 9.97. The fraction of sp³-hybridized carbons (Fsp3) is 0.412. The second-order valence-electron chi connectivity index (χ2n) is 5.84. The highest BCUT2D eigenvalue weighted by Gasteiger charge is 2.29. The molecule has 4 nitrogen and oxygen atoms in total. The number of likely N-dealkylation sites (tertiary alicyclic amines) is 1. The Hall–Kier alpha value is -1.72. The Morgan fingerprint density at radius 2 is 2.18 bits per heavy atom. The highest BCUT2D eigenvalue weighted by atomic mass is 32.1. The van der Waals surface area contributed by atoms with Crippen LogP contribution in [0.5, 0.6) is 0 Å². The molecule has 1 aliphatic rings. The summed E-state index contributed by atoms with van der Waals surface area (Å²) in [6, 6.07) is 9.02. The van der Waals surface area contributed by atoms with Gasteiger partial charge in [0.25, 0.3) is 0 Å². The largest absolute Gasteiger partial charge is 0.340 e. The van der Waals surface area contributed by atoms with Gasteiger partial charge in [-0.05, 0) is 25.3 Å². The van der Waals surface area contributed by atoms with Crippen molar-refractivity contribution in [2.45, 2.75) is 31.7 Å². The molecular formula is C17H21N3OS. The number of piperidine rings is 1. The van der Waals surface area contributed by atoms with Crippen molar-refractivity contribution in [3.8, 4) is 0 Å². The molecule has 2 N–H and O–H groups in total. The van der Waals surface area contributed by atoms with Crippen LogP contribution in [0.2, 0.25) is 0 Å². The van der Waals surface area contributed by atoms with Crippen molar-refractivity contribution in [1.29, 1.82) is 0 Å². The molecule has 2 heterocycles. The summed E-state index contributed by atoms with van der Waals surface area (Å²) in [5.41, 5.74) is 8.09. The van der Waals surface area contributed by atoms with Crippen LogP contribution in [0.4, 0.5) is 0 Å². The highest BCUT2D eigenvalue weighted by Crippen LogP contribution is 2.30. The van der Waals surface area contributed by atoms with Crippen molar-refractivity contribution in [2.24, 2.45) is 5.73 Å². The maximum absolute atomic E-state index is 12.7. The van der Waals surface area contributed by atoms with E-state index >= 15 is 0 Å². The van der Waals surface area contributed by atoms with E-state index in [1.807, 2.05) is 42.2 Å². The number of nitrogens with two attached hydrogens (primary N) is 1. The molecular weight excluding hydrogens is 294 g/mol. The van der Waals surface area contributed by atoms with Gasteiger partial charge in [0.1, 0.15) is 6.04 Å². The molecule has 1 amide bonds. The summed E-state index contributed by atoms with van der Waals surface area (Å²) in [5.74, 6) is 0.364. The van der Waals surface area contributed by atoms with Crippen LogP contribution >= 0.6 is 11.3 Å². The summed E-state index contributed by atoms with van der Waals surface area (Å²) in [6.07, 6.45) is 2.11. The molecule has 0 bridgehead atoms. The fourth-order valence-corrected chi connectivity index (χ4v) is 3.86. The van der Waals surface area contributed by atoms with E-state index in [0.717, 1.165) is 42.2 Å². The topological polar surface area (TPSA) is 59.2 Å². The average Bonchev–Trinajstić information content (AvgIpc) is 3.01. The van der Waals surface area contributed by atoms with E-state index in [1.54, 1.807) is 11.3 Å². The number of hydrogen-bond acceptors (Lipinski definition) is 4. The third-order valence-corrected chi connectivity index (χ3v) is 5.27. The minimum Gasteiger partial charge on any atom is -0.340 e. The average molecular weight is 315 g/mol. The van der Waals surface area contributed by atoms with E-state index in [4.69, 9.17) is 5.73 Å². The number of benzene rings is 1. The zero-order chi connectivity index (χ0) is 15.5. The van der Waals surface area contributed by atoms with Gasteiger partial charge >= 0.3 is 0 Å². The zero-order valence-corrected chi connectivity index (χ0v) is 13.6. The van der Waals surface area contributed by atoms with Crippen molar-refractivity contribution in [1.82, 2.24) is 9.88 Å². The van der Waals surface area contributed by atoms with Crippen LogP contribution in [-0.2, 0) is 4.79 Å². The third kappa shape index (κ3) is 3.20. The number of aryl methyl sites for hydroxylation is 1. The molecule has 1 aromatic carbocycles. The molecule has 1 saturated heterocycles. The molecule has 1 aliphatic heterocycles. The first-order chi connectivity index (χ1) is 10.6. The van der Waals surface area contributed by atoms with E-state index in [0.29, 0.717) is 5.92 Å². The van der Waals surface area contributed by atoms with E-state index in [2.05, 4.69) is 10.4 Å². The molecule has 2 atom stereocenters. The quantitative estimate of drug-likeness (QED) is 0.947. The number of hydrogen-bond donors (Lipinski definition) is 1. The lowest BCUT2D eigenvalue weighted by Crippen LogP contribution is -2.43. The van der Waals surface area contributed by atoms with Gasteiger partial charge in [0.05, 0.1) is 5.01 Å². The lowest BCUT2D eigenvalue weighted by Gasteiger charge is -2.33. The predicted octanol–water partition coefficient (Wildman–Crippen LogP) is 2.86. The van der Waals surface area contributed by atoms with Crippen molar-refractivity contribution in [3.05, 3.63) is 52.0 Å². The number of carbonyl (C=O) groups is 1. The lowest BCUT2D eigenvalue weighted by molar-refractivity contribution is -0.134. The first-order valence-corrected chi connectivity index (χ1v) is 8.54. The predicted molar refractivity (Wildman–Crippen MR) is 88.8 cm³/mol. The van der Waals surface area contributed by atoms with Gasteiger partial charge in [-0.25, -0.2) is 4.98 Å². The normalized spacial score (nSPS) is 19.9. The molecule has 1 fully saturated rings. The Kier molecular flexibility index (Phi) is 4.55. The Balaban J connectivity index is 1.70. The maximum Gasteiger partial charge on any atom is 0.244 e. The van der Waals surface area contributed by atoms with Crippen LogP contribution in [0.1, 0.15) is 41.1 Å². The number of amides is 1. The van der Waals surface area contributed by atoms with Gasteiger partial charge in [0.15, 0.2) is 0 Å². The van der Waals surface area contributed by atoms with Crippen LogP contribution < -0.4 is 5.73 Å². The van der Waals surface area contributed by atoms with Gasteiger partial charge in [-0.3, -0.25) is 4.79 Å². The third-order valence-electron chi connectivity index (χ3n) is 4.14. The Morgan fingerprint density at radius 3 is 2.86 bits per heavy atom. The first kappa shape index (κ1) is 15.2. The number of carbonyl (C=O) groups excluding carboxylic acids is 1. The Labute approximate surface area is 135 Å². The maximum atomic E-state index is 12.7. The molecule has 0 aliphatic carbocycles. The van der Waals surface area contributed by atoms with Crippen LogP contribution in [0.25, 0.3) is 0 Å². The van der Waals surface area contributed by atoms with E-state index < -0.39 is 6.04 Å². The van der Waals surface area contributed by atoms with E-state index in [-0.39, 0.29) is 5.91 Å². The summed E-state index contributed by atoms with van der Waals surface area (Å²) in [7, 11) is 0. The van der Waals surface area contributed by atoms with Crippen molar-refractivity contribution in [3.63, 3.8) is 0 Å². The van der Waals surface area contributed by atoms with Gasteiger partial charge in [-0.15, -0.1) is 11.3 Å². The summed E-state index contributed by atoms with van der Waals surface area (Å²) >= 11 is 1.69. The number of aromatic nitrogens is 1. The molecule has 0 saturated carbocycles. The highest BCUT2D eigenvalue weighted by molar-refractivity contribution is 7.09. The second kappa shape index (κ2) is 6.58. The molecule has 2 aromatic rings. The van der Waals surface area contributed by atoms with E-state index in [9.17, 15) is 4.79 Å². The summed E-state index contributed by atoms with van der Waals surface area (Å²) < 4.78 is 0. The second-order valence-corrected chi connectivity index (χ2v) is 6.73. The summed E-state index contributed by atoms with van der Waals surface area (Å²) in [5, 5.41) is 3.22. The fourth-order valence-electron chi connectivity index (χ4n) is 2.94. The van der Waals surface area contributed by atoms with Crippen molar-refractivity contribution >= 4 is 17.2 Å². The molecule has 0 spiro atoms. The van der Waals surface area contributed by atoms with Crippen LogP contribution in [-0.4, -0.2) is 28.9 Å². The molecule has 2 unspecified atom stereocenters. The number of thiazole rings is 1. The summed E-state index contributed by atoms with van der Waals surface area (Å²) in [4.78, 5) is 19.2. The molecule has 116 valence electrons. The zero-order valence-electron chi connectivity index (χ0n) is 12.7. The van der Waals surface area contributed by atoms with Crippen molar-refractivity contribution in [2.75, 3.05) is 13.1 Å². The number of rotatable bonds is 3. The summed E-state index contributed by atoms with van der Waals surface area (Å²) in [6.45, 7) is 3.53. The molecule has 5 heteroatoms. The molecule has 22 heavy (non-hydrogen) atoms.